The van der Waals surface area contributed by atoms with Gasteiger partial charge in [0.2, 0.25) is 11.8 Å². The maximum Gasteiger partial charge on any atom is 0.247 e. The van der Waals surface area contributed by atoms with Crippen molar-refractivity contribution in [3.05, 3.63) is 77.9 Å². The van der Waals surface area contributed by atoms with Gasteiger partial charge in [0.15, 0.2) is 0 Å². The molecule has 1 aliphatic rings. The van der Waals surface area contributed by atoms with Crippen LogP contribution in [0.2, 0.25) is 0 Å². The number of nitriles is 2. The second-order valence-corrected chi connectivity index (χ2v) is 7.76. The quantitative estimate of drug-likeness (QED) is 0.605. The Balaban J connectivity index is 1.61. The number of carbonyl (C=O) groups excluding carboxylic acids is 2. The molecular formula is C23H14N4O2S. The standard InChI is InChI=1S/C23H14N4O2S/c24-13-15-6-9-18(10-7-15)27-21(28)12-20(23(27)29)30-22-17(14-25)8-11-19(26-22)16-4-2-1-3-5-16/h1-11,20H,12H2. The molecular weight excluding hydrogens is 396 g/mol. The maximum absolute atomic E-state index is 12.9. The molecule has 3 aromatic rings. The first-order valence-electron chi connectivity index (χ1n) is 9.11. The van der Waals surface area contributed by atoms with Crippen LogP contribution in [0.3, 0.4) is 0 Å². The Hall–Kier alpha value is -3.94. The van der Waals surface area contributed by atoms with E-state index in [4.69, 9.17) is 5.26 Å². The number of nitrogens with zero attached hydrogens (tertiary/aromatic N) is 4. The third-order valence-electron chi connectivity index (χ3n) is 4.66. The largest absolute Gasteiger partial charge is 0.274 e. The summed E-state index contributed by atoms with van der Waals surface area (Å²) in [5.41, 5.74) is 2.83. The van der Waals surface area contributed by atoms with Crippen molar-refractivity contribution in [1.29, 1.82) is 10.5 Å². The molecule has 2 heterocycles. The summed E-state index contributed by atoms with van der Waals surface area (Å²) in [5, 5.41) is 18.1. The van der Waals surface area contributed by atoms with Gasteiger partial charge in [0.05, 0.1) is 33.8 Å². The van der Waals surface area contributed by atoms with Crippen LogP contribution in [0.4, 0.5) is 5.69 Å². The Bertz CT molecular complexity index is 1210. The minimum Gasteiger partial charge on any atom is -0.274 e. The minimum atomic E-state index is -0.668. The number of amides is 2. The number of anilines is 1. The van der Waals surface area contributed by atoms with E-state index in [9.17, 15) is 14.9 Å². The van der Waals surface area contributed by atoms with Gasteiger partial charge in [0.1, 0.15) is 11.1 Å². The molecule has 1 aliphatic heterocycles. The average molecular weight is 410 g/mol. The molecule has 30 heavy (non-hydrogen) atoms. The number of imide groups is 1. The Morgan fingerprint density at radius 3 is 2.33 bits per heavy atom. The molecule has 0 N–H and O–H groups in total. The third-order valence-corrected chi connectivity index (χ3v) is 5.85. The third kappa shape index (κ3) is 3.67. The fraction of sp³-hybridized carbons (Fsp3) is 0.0870. The van der Waals surface area contributed by atoms with E-state index in [1.807, 2.05) is 36.4 Å². The highest BCUT2D eigenvalue weighted by Crippen LogP contribution is 2.35. The van der Waals surface area contributed by atoms with Crippen molar-refractivity contribution in [2.75, 3.05) is 4.90 Å². The summed E-state index contributed by atoms with van der Waals surface area (Å²) < 4.78 is 0. The van der Waals surface area contributed by atoms with Crippen LogP contribution in [0.1, 0.15) is 17.5 Å². The number of hydrogen-bond donors (Lipinski definition) is 0. The molecule has 1 saturated heterocycles. The monoisotopic (exact) mass is 410 g/mol. The lowest BCUT2D eigenvalue weighted by molar-refractivity contribution is -0.121. The Labute approximate surface area is 177 Å². The fourth-order valence-electron chi connectivity index (χ4n) is 3.17. The summed E-state index contributed by atoms with van der Waals surface area (Å²) in [7, 11) is 0. The molecule has 2 aromatic carbocycles. The molecule has 4 rings (SSSR count). The van der Waals surface area contributed by atoms with Gasteiger partial charge in [-0.05, 0) is 36.4 Å². The zero-order chi connectivity index (χ0) is 21.1. The summed E-state index contributed by atoms with van der Waals surface area (Å²) in [6.07, 6.45) is 0.0195. The Morgan fingerprint density at radius 2 is 1.67 bits per heavy atom. The van der Waals surface area contributed by atoms with Gasteiger partial charge in [0, 0.05) is 12.0 Å². The van der Waals surface area contributed by atoms with Crippen molar-refractivity contribution in [3.63, 3.8) is 0 Å². The topological polar surface area (TPSA) is 97.8 Å². The lowest BCUT2D eigenvalue weighted by Crippen LogP contribution is -2.31. The average Bonchev–Trinajstić information content (AvgIpc) is 3.07. The van der Waals surface area contributed by atoms with E-state index in [0.29, 0.717) is 27.5 Å². The molecule has 1 aromatic heterocycles. The second-order valence-electron chi connectivity index (χ2n) is 6.56. The van der Waals surface area contributed by atoms with E-state index in [2.05, 4.69) is 11.1 Å². The molecule has 2 amide bonds. The number of pyridine rings is 1. The normalized spacial score (nSPS) is 15.7. The van der Waals surface area contributed by atoms with Crippen molar-refractivity contribution in [1.82, 2.24) is 4.98 Å². The van der Waals surface area contributed by atoms with Gasteiger partial charge < -0.3 is 0 Å². The van der Waals surface area contributed by atoms with E-state index >= 15 is 0 Å². The van der Waals surface area contributed by atoms with E-state index in [0.717, 1.165) is 22.2 Å². The first-order valence-corrected chi connectivity index (χ1v) is 9.99. The first kappa shape index (κ1) is 19.4. The van der Waals surface area contributed by atoms with Gasteiger partial charge in [-0.3, -0.25) is 9.59 Å². The molecule has 144 valence electrons. The Morgan fingerprint density at radius 1 is 0.933 bits per heavy atom. The molecule has 1 fully saturated rings. The van der Waals surface area contributed by atoms with Crippen LogP contribution in [0, 0.1) is 22.7 Å². The number of thioether (sulfide) groups is 1. The molecule has 1 unspecified atom stereocenters. The molecule has 7 heteroatoms. The maximum atomic E-state index is 12.9. The van der Waals surface area contributed by atoms with Crippen LogP contribution < -0.4 is 4.90 Å². The fourth-order valence-corrected chi connectivity index (χ4v) is 4.27. The summed E-state index contributed by atoms with van der Waals surface area (Å²) in [6.45, 7) is 0. The predicted octanol–water partition coefficient (Wildman–Crippen LogP) is 3.92. The van der Waals surface area contributed by atoms with Crippen molar-refractivity contribution < 1.29 is 9.59 Å². The molecule has 0 bridgehead atoms. The molecule has 0 radical (unpaired) electrons. The van der Waals surface area contributed by atoms with Crippen molar-refractivity contribution in [2.45, 2.75) is 16.7 Å². The van der Waals surface area contributed by atoms with Crippen LogP contribution in [-0.2, 0) is 9.59 Å². The number of benzene rings is 2. The van der Waals surface area contributed by atoms with Gasteiger partial charge in [-0.1, -0.05) is 42.1 Å². The summed E-state index contributed by atoms with van der Waals surface area (Å²) in [4.78, 5) is 31.2. The van der Waals surface area contributed by atoms with Gasteiger partial charge in [-0.15, -0.1) is 0 Å². The van der Waals surface area contributed by atoms with Gasteiger partial charge in [-0.25, -0.2) is 9.88 Å². The smallest absolute Gasteiger partial charge is 0.247 e. The highest BCUT2D eigenvalue weighted by Gasteiger charge is 2.40. The lowest BCUT2D eigenvalue weighted by atomic mass is 10.1. The highest BCUT2D eigenvalue weighted by atomic mass is 32.2. The molecule has 1 atom stereocenters. The molecule has 0 aliphatic carbocycles. The minimum absolute atomic E-state index is 0.0195. The first-order chi connectivity index (χ1) is 14.6. The molecule has 6 nitrogen and oxygen atoms in total. The zero-order valence-corrected chi connectivity index (χ0v) is 16.5. The second kappa shape index (κ2) is 8.20. The predicted molar refractivity (Wildman–Crippen MR) is 112 cm³/mol. The Kier molecular flexibility index (Phi) is 5.30. The van der Waals surface area contributed by atoms with E-state index in [-0.39, 0.29) is 18.2 Å². The van der Waals surface area contributed by atoms with E-state index < -0.39 is 5.25 Å². The van der Waals surface area contributed by atoms with Crippen molar-refractivity contribution in [3.8, 4) is 23.4 Å². The lowest BCUT2D eigenvalue weighted by Gasteiger charge is -2.15. The van der Waals surface area contributed by atoms with E-state index in [1.54, 1.807) is 36.4 Å². The van der Waals surface area contributed by atoms with Gasteiger partial charge >= 0.3 is 0 Å². The summed E-state index contributed by atoms with van der Waals surface area (Å²) in [6, 6.07) is 23.4. The highest BCUT2D eigenvalue weighted by molar-refractivity contribution is 8.00. The van der Waals surface area contributed by atoms with Crippen LogP contribution in [0.5, 0.6) is 0 Å². The van der Waals surface area contributed by atoms with Crippen LogP contribution in [0.15, 0.2) is 71.8 Å². The van der Waals surface area contributed by atoms with Crippen molar-refractivity contribution >= 4 is 29.3 Å². The number of carbonyl (C=O) groups is 2. The van der Waals surface area contributed by atoms with Gasteiger partial charge in [0.25, 0.3) is 0 Å². The van der Waals surface area contributed by atoms with Crippen LogP contribution >= 0.6 is 11.8 Å². The van der Waals surface area contributed by atoms with Crippen molar-refractivity contribution in [2.24, 2.45) is 0 Å². The zero-order valence-electron chi connectivity index (χ0n) is 15.6. The number of hydrogen-bond acceptors (Lipinski definition) is 6. The molecule has 0 saturated carbocycles. The SMILES string of the molecule is N#Cc1ccc(N2C(=O)CC(Sc3nc(-c4ccccc4)ccc3C#N)C2=O)cc1. The molecule has 0 spiro atoms. The van der Waals surface area contributed by atoms with Crippen LogP contribution in [0.25, 0.3) is 11.3 Å². The summed E-state index contributed by atoms with van der Waals surface area (Å²) in [5.74, 6) is -0.676. The number of aromatic nitrogens is 1. The summed E-state index contributed by atoms with van der Waals surface area (Å²) >= 11 is 1.13. The van der Waals surface area contributed by atoms with Gasteiger partial charge in [-0.2, -0.15) is 10.5 Å². The van der Waals surface area contributed by atoms with E-state index in [1.165, 1.54) is 0 Å². The number of rotatable bonds is 4. The van der Waals surface area contributed by atoms with Crippen LogP contribution in [-0.4, -0.2) is 22.0 Å².